The van der Waals surface area contributed by atoms with Crippen LogP contribution in [0.25, 0.3) is 0 Å². The minimum Gasteiger partial charge on any atom is -0.496 e. The molecule has 1 amide bonds. The van der Waals surface area contributed by atoms with Gasteiger partial charge in [0.05, 0.1) is 22.9 Å². The van der Waals surface area contributed by atoms with Gasteiger partial charge in [0, 0.05) is 5.56 Å². The zero-order valence-corrected chi connectivity index (χ0v) is 19.5. The van der Waals surface area contributed by atoms with Crippen LogP contribution < -0.4 is 26.3 Å². The largest absolute Gasteiger partial charge is 0.496 e. The number of carbonyl (C=O) groups is 1. The predicted octanol–water partition coefficient (Wildman–Crippen LogP) is 3.90. The Morgan fingerprint density at radius 1 is 1.24 bits per heavy atom. The number of carbonyl (C=O) groups excluding carboxylic acids is 1. The van der Waals surface area contributed by atoms with Gasteiger partial charge >= 0.3 is 0 Å². The lowest BCUT2D eigenvalue weighted by atomic mass is 9.99. The molecule has 2 aromatic rings. The SMILES string of the molecule is CCC(C)C(N)C(=O)Nc1nc(N)ncc1Oc1cc(I)c(OC)cc1C(C)C. The first-order chi connectivity index (χ1) is 13.7. The number of hydrogen-bond donors (Lipinski definition) is 3. The monoisotopic (exact) mass is 513 g/mol. The Kier molecular flexibility index (Phi) is 8.03. The van der Waals surface area contributed by atoms with Crippen LogP contribution >= 0.6 is 22.6 Å². The molecule has 0 radical (unpaired) electrons. The molecule has 158 valence electrons. The second-order valence-electron chi connectivity index (χ2n) is 7.12. The van der Waals surface area contributed by atoms with Gasteiger partial charge in [0.25, 0.3) is 0 Å². The third-order valence-corrected chi connectivity index (χ3v) is 5.54. The van der Waals surface area contributed by atoms with Gasteiger partial charge in [-0.15, -0.1) is 0 Å². The molecule has 2 atom stereocenters. The highest BCUT2D eigenvalue weighted by atomic mass is 127. The van der Waals surface area contributed by atoms with Crippen molar-refractivity contribution in [3.05, 3.63) is 27.5 Å². The Hall–Kier alpha value is -2.14. The Morgan fingerprint density at radius 3 is 2.52 bits per heavy atom. The van der Waals surface area contributed by atoms with E-state index in [0.717, 1.165) is 21.3 Å². The minimum absolute atomic E-state index is 0.0225. The molecule has 0 aliphatic carbocycles. The number of hydrogen-bond acceptors (Lipinski definition) is 7. The van der Waals surface area contributed by atoms with Crippen molar-refractivity contribution in [1.29, 1.82) is 0 Å². The summed E-state index contributed by atoms with van der Waals surface area (Å²) >= 11 is 2.18. The minimum atomic E-state index is -0.669. The lowest BCUT2D eigenvalue weighted by Crippen LogP contribution is -2.40. The normalized spacial score (nSPS) is 13.1. The number of amides is 1. The van der Waals surface area contributed by atoms with Gasteiger partial charge in [-0.3, -0.25) is 4.79 Å². The second kappa shape index (κ2) is 10.1. The van der Waals surface area contributed by atoms with Crippen molar-refractivity contribution >= 4 is 40.3 Å². The van der Waals surface area contributed by atoms with Gasteiger partial charge in [0.1, 0.15) is 11.5 Å². The van der Waals surface area contributed by atoms with Crippen molar-refractivity contribution in [1.82, 2.24) is 9.97 Å². The molecule has 8 nitrogen and oxygen atoms in total. The molecule has 29 heavy (non-hydrogen) atoms. The van der Waals surface area contributed by atoms with Crippen LogP contribution in [0.2, 0.25) is 0 Å². The first-order valence-corrected chi connectivity index (χ1v) is 10.5. The van der Waals surface area contributed by atoms with Crippen LogP contribution in [0.5, 0.6) is 17.2 Å². The standard InChI is InChI=1S/C20H28IN5O3/c1-6-11(4)17(22)19(27)25-18-16(9-24-20(23)26-18)29-14-8-13(21)15(28-5)7-12(14)10(2)3/h7-11,17H,6,22H2,1-5H3,(H3,23,24,25,26,27). The molecule has 0 saturated carbocycles. The van der Waals surface area contributed by atoms with Gasteiger partial charge in [0.2, 0.25) is 11.9 Å². The zero-order valence-electron chi connectivity index (χ0n) is 17.3. The molecule has 1 heterocycles. The number of anilines is 2. The maximum Gasteiger partial charge on any atom is 0.242 e. The number of aromatic nitrogens is 2. The molecule has 2 rings (SSSR count). The summed E-state index contributed by atoms with van der Waals surface area (Å²) in [6, 6.07) is 3.15. The molecule has 0 bridgehead atoms. The lowest BCUT2D eigenvalue weighted by Gasteiger charge is -2.20. The molecule has 1 aromatic heterocycles. The van der Waals surface area contributed by atoms with E-state index in [1.807, 2.05) is 26.0 Å². The smallest absolute Gasteiger partial charge is 0.242 e. The molecule has 1 aromatic carbocycles. The molecule has 0 fully saturated rings. The predicted molar refractivity (Wildman–Crippen MR) is 122 cm³/mol. The lowest BCUT2D eigenvalue weighted by molar-refractivity contribution is -0.118. The van der Waals surface area contributed by atoms with Crippen LogP contribution in [0.3, 0.4) is 0 Å². The first kappa shape index (κ1) is 23.1. The Morgan fingerprint density at radius 2 is 1.93 bits per heavy atom. The van der Waals surface area contributed by atoms with Crippen molar-refractivity contribution in [2.45, 2.75) is 46.1 Å². The maximum atomic E-state index is 12.5. The molecule has 0 aliphatic heterocycles. The summed E-state index contributed by atoms with van der Waals surface area (Å²) in [6.45, 7) is 8.02. The Labute approximate surface area is 184 Å². The van der Waals surface area contributed by atoms with E-state index < -0.39 is 6.04 Å². The van der Waals surface area contributed by atoms with Crippen molar-refractivity contribution in [2.24, 2.45) is 11.7 Å². The first-order valence-electron chi connectivity index (χ1n) is 9.42. The van der Waals surface area contributed by atoms with E-state index in [0.29, 0.717) is 5.75 Å². The highest BCUT2D eigenvalue weighted by Crippen LogP contribution is 2.38. The summed E-state index contributed by atoms with van der Waals surface area (Å²) in [5.74, 6) is 1.74. The van der Waals surface area contributed by atoms with Crippen molar-refractivity contribution in [2.75, 3.05) is 18.2 Å². The molecular formula is C20H28IN5O3. The molecule has 9 heteroatoms. The zero-order chi connectivity index (χ0) is 21.7. The summed E-state index contributed by atoms with van der Waals surface area (Å²) in [5, 5.41) is 2.73. The van der Waals surface area contributed by atoms with Crippen molar-refractivity contribution in [3.8, 4) is 17.2 Å². The summed E-state index contributed by atoms with van der Waals surface area (Å²) in [5.41, 5.74) is 12.7. The topological polar surface area (TPSA) is 125 Å². The van der Waals surface area contributed by atoms with Gasteiger partial charge < -0.3 is 26.3 Å². The van der Waals surface area contributed by atoms with Gasteiger partial charge in [-0.05, 0) is 46.6 Å². The second-order valence-corrected chi connectivity index (χ2v) is 8.29. The average molecular weight is 513 g/mol. The van der Waals surface area contributed by atoms with Gasteiger partial charge in [-0.2, -0.15) is 4.98 Å². The van der Waals surface area contributed by atoms with E-state index in [1.165, 1.54) is 6.20 Å². The summed E-state index contributed by atoms with van der Waals surface area (Å²) in [4.78, 5) is 20.7. The van der Waals surface area contributed by atoms with Gasteiger partial charge in [-0.1, -0.05) is 34.1 Å². The van der Waals surface area contributed by atoms with E-state index in [4.69, 9.17) is 20.9 Å². The Bertz CT molecular complexity index is 875. The number of ether oxygens (including phenoxy) is 2. The third-order valence-electron chi connectivity index (χ3n) is 4.70. The number of nitrogens with two attached hydrogens (primary N) is 2. The highest BCUT2D eigenvalue weighted by Gasteiger charge is 2.22. The molecule has 2 unspecified atom stereocenters. The number of benzene rings is 1. The average Bonchev–Trinajstić information content (AvgIpc) is 2.68. The van der Waals surface area contributed by atoms with Crippen molar-refractivity contribution < 1.29 is 14.3 Å². The van der Waals surface area contributed by atoms with E-state index in [-0.39, 0.29) is 35.3 Å². The highest BCUT2D eigenvalue weighted by molar-refractivity contribution is 14.1. The molecular weight excluding hydrogens is 485 g/mol. The molecule has 0 spiro atoms. The van der Waals surface area contributed by atoms with Crippen LogP contribution in [-0.4, -0.2) is 29.0 Å². The van der Waals surface area contributed by atoms with E-state index >= 15 is 0 Å². The van der Waals surface area contributed by atoms with E-state index in [1.54, 1.807) is 7.11 Å². The number of halogens is 1. The number of nitrogens with zero attached hydrogens (tertiary/aromatic N) is 2. The fraction of sp³-hybridized carbons (Fsp3) is 0.450. The molecule has 5 N–H and O–H groups in total. The van der Waals surface area contributed by atoms with E-state index in [2.05, 4.69) is 51.7 Å². The van der Waals surface area contributed by atoms with Gasteiger partial charge in [0.15, 0.2) is 11.6 Å². The van der Waals surface area contributed by atoms with Gasteiger partial charge in [-0.25, -0.2) is 4.98 Å². The van der Waals surface area contributed by atoms with Crippen LogP contribution in [0.4, 0.5) is 11.8 Å². The maximum absolute atomic E-state index is 12.5. The number of methoxy groups -OCH3 is 1. The quantitative estimate of drug-likeness (QED) is 0.457. The van der Waals surface area contributed by atoms with Crippen LogP contribution in [-0.2, 0) is 4.79 Å². The van der Waals surface area contributed by atoms with Crippen molar-refractivity contribution in [3.63, 3.8) is 0 Å². The molecule has 0 saturated heterocycles. The fourth-order valence-corrected chi connectivity index (χ4v) is 3.29. The summed E-state index contributed by atoms with van der Waals surface area (Å²) < 4.78 is 12.4. The number of nitrogens with one attached hydrogen (secondary N) is 1. The van der Waals surface area contributed by atoms with Crippen LogP contribution in [0, 0.1) is 9.49 Å². The van der Waals surface area contributed by atoms with Crippen LogP contribution in [0.15, 0.2) is 18.3 Å². The fourth-order valence-electron chi connectivity index (χ4n) is 2.63. The summed E-state index contributed by atoms with van der Waals surface area (Å²) in [6.07, 6.45) is 2.22. The third kappa shape index (κ3) is 5.69. The Balaban J connectivity index is 2.40. The van der Waals surface area contributed by atoms with Crippen LogP contribution in [0.1, 0.15) is 45.6 Å². The number of rotatable bonds is 8. The summed E-state index contributed by atoms with van der Waals surface area (Å²) in [7, 11) is 1.63. The number of nitrogen functional groups attached to an aromatic ring is 1. The molecule has 0 aliphatic rings. The van der Waals surface area contributed by atoms with E-state index in [9.17, 15) is 4.79 Å².